The summed E-state index contributed by atoms with van der Waals surface area (Å²) in [4.78, 5) is 44.1. The number of halogens is 1. The zero-order valence-electron chi connectivity index (χ0n) is 24.1. The number of nitrogens with zero attached hydrogens (tertiary/aromatic N) is 4. The summed E-state index contributed by atoms with van der Waals surface area (Å²) in [5.41, 5.74) is 1.11. The molecule has 0 N–H and O–H groups in total. The van der Waals surface area contributed by atoms with Gasteiger partial charge in [-0.15, -0.1) is 0 Å². The highest BCUT2D eigenvalue weighted by Crippen LogP contribution is 2.41. The number of nitro groups is 1. The second-order valence-electron chi connectivity index (χ2n) is 10.2. The van der Waals surface area contributed by atoms with Gasteiger partial charge in [-0.1, -0.05) is 29.8 Å². The summed E-state index contributed by atoms with van der Waals surface area (Å²) in [6.45, 7) is 6.81. The lowest BCUT2D eigenvalue weighted by Crippen LogP contribution is -2.49. The molecule has 2 aromatic rings. The van der Waals surface area contributed by atoms with E-state index < -0.39 is 38.7 Å². The Morgan fingerprint density at radius 3 is 2.42 bits per heavy atom. The van der Waals surface area contributed by atoms with Crippen molar-refractivity contribution in [1.29, 1.82) is 0 Å². The van der Waals surface area contributed by atoms with Gasteiger partial charge in [-0.05, 0) is 44.5 Å². The van der Waals surface area contributed by atoms with E-state index in [1.807, 2.05) is 4.90 Å². The van der Waals surface area contributed by atoms with Crippen LogP contribution in [0, 0.1) is 16.0 Å². The Kier molecular flexibility index (Phi) is 10.3. The molecule has 2 heterocycles. The van der Waals surface area contributed by atoms with Crippen molar-refractivity contribution in [3.8, 4) is 0 Å². The smallest absolute Gasteiger partial charge is 0.336 e. The zero-order valence-corrected chi connectivity index (χ0v) is 25.6. The molecule has 2 aliphatic rings. The molecule has 43 heavy (non-hydrogen) atoms. The van der Waals surface area contributed by atoms with Gasteiger partial charge in [-0.3, -0.25) is 24.8 Å². The highest BCUT2D eigenvalue weighted by Gasteiger charge is 2.43. The average Bonchev–Trinajstić information content (AvgIpc) is 2.97. The van der Waals surface area contributed by atoms with E-state index in [-0.39, 0.29) is 42.5 Å². The Balaban J connectivity index is 1.45. The summed E-state index contributed by atoms with van der Waals surface area (Å²) in [5.74, 6) is -3.16. The number of piperazine rings is 1. The summed E-state index contributed by atoms with van der Waals surface area (Å²) in [6, 6.07) is 11.9. The minimum Gasteiger partial charge on any atom is -0.465 e. The molecule has 2 aromatic carbocycles. The summed E-state index contributed by atoms with van der Waals surface area (Å²) in [6.07, 6.45) is 0. The fourth-order valence-corrected chi connectivity index (χ4v) is 7.07. The highest BCUT2D eigenvalue weighted by atomic mass is 35.5. The Hall–Kier alpha value is -3.65. The van der Waals surface area contributed by atoms with Crippen molar-refractivity contribution >= 4 is 45.0 Å². The molecule has 0 radical (unpaired) electrons. The maximum absolute atomic E-state index is 13.5. The van der Waals surface area contributed by atoms with E-state index in [0.717, 1.165) is 0 Å². The fraction of sp³-hybridized carbons (Fsp3) is 0.414. The first-order valence-electron chi connectivity index (χ1n) is 13.8. The van der Waals surface area contributed by atoms with Gasteiger partial charge in [0.05, 0.1) is 22.0 Å². The predicted octanol–water partition coefficient (Wildman–Crippen LogP) is 3.81. The van der Waals surface area contributed by atoms with Crippen LogP contribution in [0.3, 0.4) is 0 Å². The molecule has 0 saturated carbocycles. The monoisotopic (exact) mass is 632 g/mol. The Morgan fingerprint density at radius 2 is 1.77 bits per heavy atom. The number of nitro benzene ring substituents is 1. The van der Waals surface area contributed by atoms with Gasteiger partial charge < -0.3 is 9.47 Å². The van der Waals surface area contributed by atoms with Crippen molar-refractivity contribution < 1.29 is 32.4 Å². The lowest BCUT2D eigenvalue weighted by atomic mass is 9.75. The van der Waals surface area contributed by atoms with Crippen LogP contribution in [-0.2, 0) is 29.1 Å². The second-order valence-corrected chi connectivity index (χ2v) is 12.5. The molecule has 0 aromatic heterocycles. The molecule has 1 saturated heterocycles. The van der Waals surface area contributed by atoms with Crippen molar-refractivity contribution in [2.75, 3.05) is 45.9 Å². The Labute approximate surface area is 255 Å². The standard InChI is InChI=1S/C29H33ClN4O8S/c1-4-41-28(35)25-19(2)31-20(3)26(27(25)21-7-5-9-23(17-21)34(37)38)29(36)42-16-15-32-11-13-33(14-12-32)43(39,40)24-10-6-8-22(30)18-24/h5-10,17-18,25,27H,4,11-16H2,1-3H3/t25?,27-/m0/s1. The van der Waals surface area contributed by atoms with Crippen LogP contribution in [0.15, 0.2) is 69.7 Å². The number of aliphatic imine (C=N–C) groups is 1. The van der Waals surface area contributed by atoms with Gasteiger partial charge in [0.15, 0.2) is 0 Å². The van der Waals surface area contributed by atoms with Crippen LogP contribution in [0.2, 0.25) is 5.02 Å². The summed E-state index contributed by atoms with van der Waals surface area (Å²) >= 11 is 5.98. The van der Waals surface area contributed by atoms with Crippen LogP contribution in [0.25, 0.3) is 0 Å². The molecule has 1 fully saturated rings. The molecule has 2 atom stereocenters. The molecule has 1 unspecified atom stereocenters. The normalized spacial score (nSPS) is 20.0. The van der Waals surface area contributed by atoms with Gasteiger partial charge >= 0.3 is 11.9 Å². The number of carbonyl (C=O) groups excluding carboxylic acids is 2. The van der Waals surface area contributed by atoms with E-state index >= 15 is 0 Å². The van der Waals surface area contributed by atoms with Crippen molar-refractivity contribution in [3.63, 3.8) is 0 Å². The number of ether oxygens (including phenoxy) is 2. The molecule has 230 valence electrons. The summed E-state index contributed by atoms with van der Waals surface area (Å²) in [7, 11) is -3.69. The number of rotatable bonds is 10. The highest BCUT2D eigenvalue weighted by molar-refractivity contribution is 7.89. The first kappa shape index (κ1) is 32.3. The zero-order chi connectivity index (χ0) is 31.3. The molecule has 14 heteroatoms. The number of esters is 2. The number of sulfonamides is 1. The van der Waals surface area contributed by atoms with Crippen molar-refractivity contribution in [2.24, 2.45) is 10.9 Å². The van der Waals surface area contributed by atoms with Crippen LogP contribution in [-0.4, -0.2) is 86.1 Å². The SMILES string of the molecule is CCOC(=O)C1C(C)=NC(C)=C(C(=O)OCCN2CCN(S(=O)(=O)c3cccc(Cl)c3)CC2)[C@H]1c1cccc([N+](=O)[O-])c1. The quantitative estimate of drug-likeness (QED) is 0.216. The number of hydrogen-bond acceptors (Lipinski definition) is 10. The van der Waals surface area contributed by atoms with E-state index in [2.05, 4.69) is 4.99 Å². The Morgan fingerprint density at radius 1 is 1.07 bits per heavy atom. The molecular formula is C29H33ClN4O8S. The van der Waals surface area contributed by atoms with Crippen LogP contribution in [0.1, 0.15) is 32.3 Å². The average molecular weight is 633 g/mol. The van der Waals surface area contributed by atoms with E-state index in [1.54, 1.807) is 39.0 Å². The van der Waals surface area contributed by atoms with E-state index in [9.17, 15) is 28.1 Å². The third kappa shape index (κ3) is 7.29. The molecule has 0 spiro atoms. The number of benzene rings is 2. The van der Waals surface area contributed by atoms with Gasteiger partial charge in [0.25, 0.3) is 5.69 Å². The first-order chi connectivity index (χ1) is 20.4. The maximum Gasteiger partial charge on any atom is 0.336 e. The van der Waals surface area contributed by atoms with Gasteiger partial charge in [-0.2, -0.15) is 4.31 Å². The lowest BCUT2D eigenvalue weighted by molar-refractivity contribution is -0.384. The van der Waals surface area contributed by atoms with Gasteiger partial charge in [0.2, 0.25) is 10.0 Å². The summed E-state index contributed by atoms with van der Waals surface area (Å²) < 4.78 is 38.3. The number of non-ortho nitro benzene ring substituents is 1. The molecule has 0 bridgehead atoms. The van der Waals surface area contributed by atoms with E-state index in [0.29, 0.717) is 41.6 Å². The third-order valence-electron chi connectivity index (χ3n) is 7.43. The minimum atomic E-state index is -3.69. The fourth-order valence-electron chi connectivity index (χ4n) is 5.35. The van der Waals surface area contributed by atoms with Crippen molar-refractivity contribution in [3.05, 3.63) is 80.5 Å². The summed E-state index contributed by atoms with van der Waals surface area (Å²) in [5, 5.41) is 11.8. The third-order valence-corrected chi connectivity index (χ3v) is 9.56. The topological polar surface area (TPSA) is 149 Å². The van der Waals surface area contributed by atoms with Crippen molar-refractivity contribution in [2.45, 2.75) is 31.6 Å². The molecule has 2 aliphatic heterocycles. The molecule has 0 aliphatic carbocycles. The lowest BCUT2D eigenvalue weighted by Gasteiger charge is -2.34. The maximum atomic E-state index is 13.5. The van der Waals surface area contributed by atoms with Crippen LogP contribution in [0.5, 0.6) is 0 Å². The molecule has 12 nitrogen and oxygen atoms in total. The van der Waals surface area contributed by atoms with Gasteiger partial charge in [-0.25, -0.2) is 13.2 Å². The van der Waals surface area contributed by atoms with E-state index in [1.165, 1.54) is 34.6 Å². The molecular weight excluding hydrogens is 600 g/mol. The van der Waals surface area contributed by atoms with Crippen LogP contribution >= 0.6 is 11.6 Å². The minimum absolute atomic E-state index is 0.00504. The first-order valence-corrected chi connectivity index (χ1v) is 15.6. The Bertz CT molecular complexity index is 1570. The number of allylic oxidation sites excluding steroid dienone is 1. The van der Waals surface area contributed by atoms with Gasteiger partial charge in [0.1, 0.15) is 12.5 Å². The molecule has 0 amide bonds. The number of hydrogen-bond donors (Lipinski definition) is 0. The van der Waals surface area contributed by atoms with Crippen LogP contribution in [0.4, 0.5) is 5.69 Å². The molecule has 4 rings (SSSR count). The van der Waals surface area contributed by atoms with E-state index in [4.69, 9.17) is 21.1 Å². The van der Waals surface area contributed by atoms with Crippen LogP contribution < -0.4 is 0 Å². The second kappa shape index (κ2) is 13.8. The predicted molar refractivity (Wildman–Crippen MR) is 159 cm³/mol. The number of carbonyl (C=O) groups is 2. The largest absolute Gasteiger partial charge is 0.465 e. The van der Waals surface area contributed by atoms with Gasteiger partial charge in [0, 0.05) is 67.2 Å². The van der Waals surface area contributed by atoms with Crippen molar-refractivity contribution in [1.82, 2.24) is 9.21 Å².